The Bertz CT molecular complexity index is 807. The first-order valence-electron chi connectivity index (χ1n) is 5.76. The maximum atomic E-state index is 12.9. The van der Waals surface area contributed by atoms with Crippen molar-refractivity contribution in [1.29, 1.82) is 0 Å². The van der Waals surface area contributed by atoms with Gasteiger partial charge >= 0.3 is 6.18 Å². The third-order valence-electron chi connectivity index (χ3n) is 2.68. The zero-order chi connectivity index (χ0) is 16.5. The Kier molecular flexibility index (Phi) is 4.60. The van der Waals surface area contributed by atoms with Gasteiger partial charge in [0.05, 0.1) is 26.2 Å². The van der Waals surface area contributed by atoms with Crippen LogP contribution in [0.5, 0.6) is 0 Å². The maximum absolute atomic E-state index is 12.9. The van der Waals surface area contributed by atoms with Crippen LogP contribution in [0, 0.1) is 0 Å². The van der Waals surface area contributed by atoms with Crippen LogP contribution in [0.25, 0.3) is 0 Å². The molecule has 0 amide bonds. The van der Waals surface area contributed by atoms with Crippen molar-refractivity contribution in [2.45, 2.75) is 11.1 Å². The summed E-state index contributed by atoms with van der Waals surface area (Å²) in [6.07, 6.45) is -4.80. The number of hydrogen-bond acceptors (Lipinski definition) is 2. The number of hydrogen-bond donors (Lipinski definition) is 1. The van der Waals surface area contributed by atoms with E-state index < -0.39 is 26.7 Å². The molecule has 0 fully saturated rings. The maximum Gasteiger partial charge on any atom is 0.417 e. The lowest BCUT2D eigenvalue weighted by Gasteiger charge is -2.15. The molecule has 0 spiro atoms. The van der Waals surface area contributed by atoms with Crippen LogP contribution >= 0.6 is 23.2 Å². The van der Waals surface area contributed by atoms with Crippen LogP contribution in [0.4, 0.5) is 18.9 Å². The molecule has 0 unspecified atom stereocenters. The minimum atomic E-state index is -4.80. The lowest BCUT2D eigenvalue weighted by atomic mass is 10.2. The van der Waals surface area contributed by atoms with Crippen LogP contribution in [0.1, 0.15) is 5.56 Å². The Balaban J connectivity index is 2.51. The van der Waals surface area contributed by atoms with Gasteiger partial charge in [0.25, 0.3) is 10.0 Å². The fourth-order valence-electron chi connectivity index (χ4n) is 1.72. The van der Waals surface area contributed by atoms with E-state index in [2.05, 4.69) is 0 Å². The van der Waals surface area contributed by atoms with E-state index in [-0.39, 0.29) is 15.7 Å². The van der Waals surface area contributed by atoms with Gasteiger partial charge in [-0.1, -0.05) is 41.4 Å². The van der Waals surface area contributed by atoms with E-state index in [4.69, 9.17) is 23.2 Å². The highest BCUT2D eigenvalue weighted by molar-refractivity contribution is 7.92. The van der Waals surface area contributed by atoms with Crippen LogP contribution in [-0.4, -0.2) is 8.42 Å². The van der Waals surface area contributed by atoms with E-state index >= 15 is 0 Å². The van der Waals surface area contributed by atoms with Gasteiger partial charge in [-0.25, -0.2) is 8.42 Å². The highest BCUT2D eigenvalue weighted by Gasteiger charge is 2.37. The zero-order valence-corrected chi connectivity index (χ0v) is 13.0. The monoisotopic (exact) mass is 369 g/mol. The highest BCUT2D eigenvalue weighted by Crippen LogP contribution is 2.36. The van der Waals surface area contributed by atoms with Gasteiger partial charge in [0.2, 0.25) is 0 Å². The summed E-state index contributed by atoms with van der Waals surface area (Å²) in [6, 6.07) is 7.99. The van der Waals surface area contributed by atoms with Crippen molar-refractivity contribution < 1.29 is 21.6 Å². The first kappa shape index (κ1) is 16.9. The molecule has 0 aliphatic heterocycles. The number of benzene rings is 2. The van der Waals surface area contributed by atoms with Gasteiger partial charge in [-0.05, 0) is 24.3 Å². The van der Waals surface area contributed by atoms with E-state index in [0.717, 1.165) is 12.1 Å². The number of halogens is 5. The molecule has 0 aromatic heterocycles. The number of sulfonamides is 1. The molecule has 0 aliphatic rings. The molecule has 1 N–H and O–H groups in total. The summed E-state index contributed by atoms with van der Waals surface area (Å²) in [5.41, 5.74) is -1.37. The highest BCUT2D eigenvalue weighted by atomic mass is 35.5. The van der Waals surface area contributed by atoms with Crippen LogP contribution in [0.3, 0.4) is 0 Å². The van der Waals surface area contributed by atoms with Crippen LogP contribution in [-0.2, 0) is 16.2 Å². The Labute approximate surface area is 134 Å². The minimum absolute atomic E-state index is 0.0750. The fourth-order valence-corrected chi connectivity index (χ4v) is 3.42. The second-order valence-electron chi connectivity index (χ2n) is 4.20. The van der Waals surface area contributed by atoms with Crippen LogP contribution in [0.15, 0.2) is 47.4 Å². The fraction of sp³-hybridized carbons (Fsp3) is 0.0769. The molecule has 0 aliphatic carbocycles. The molecule has 22 heavy (non-hydrogen) atoms. The lowest BCUT2D eigenvalue weighted by Crippen LogP contribution is -2.19. The molecular formula is C13H8Cl2F3NO2S. The van der Waals surface area contributed by atoms with Gasteiger partial charge in [-0.15, -0.1) is 0 Å². The third kappa shape index (κ3) is 3.48. The molecule has 9 heteroatoms. The molecule has 0 atom stereocenters. The first-order chi connectivity index (χ1) is 10.1. The Morgan fingerprint density at radius 1 is 0.955 bits per heavy atom. The quantitative estimate of drug-likeness (QED) is 0.843. The first-order valence-corrected chi connectivity index (χ1v) is 8.00. The molecule has 2 aromatic rings. The standard InChI is InChI=1S/C13H8Cl2F3NO2S/c14-9-5-3-6-10(12(9)15)19-22(20,21)11-7-2-1-4-8(11)13(16,17)18/h1-7,19H. The topological polar surface area (TPSA) is 46.2 Å². The summed E-state index contributed by atoms with van der Waals surface area (Å²) in [7, 11) is -4.48. The van der Waals surface area contributed by atoms with Crippen LogP contribution in [0.2, 0.25) is 10.0 Å². The molecule has 0 radical (unpaired) electrons. The van der Waals surface area contributed by atoms with E-state index in [1.54, 1.807) is 0 Å². The Morgan fingerprint density at radius 3 is 2.23 bits per heavy atom. The molecule has 0 bridgehead atoms. The molecule has 0 saturated heterocycles. The van der Waals surface area contributed by atoms with Gasteiger partial charge in [-0.2, -0.15) is 13.2 Å². The number of nitrogens with one attached hydrogen (secondary N) is 1. The smallest absolute Gasteiger partial charge is 0.278 e. The molecule has 0 heterocycles. The number of rotatable bonds is 3. The van der Waals surface area contributed by atoms with Crippen molar-refractivity contribution in [1.82, 2.24) is 0 Å². The number of anilines is 1. The van der Waals surface area contributed by atoms with Gasteiger partial charge in [0.1, 0.15) is 0 Å². The molecule has 118 valence electrons. The second-order valence-corrected chi connectivity index (χ2v) is 6.64. The normalized spacial score (nSPS) is 12.2. The molecule has 0 saturated carbocycles. The molecule has 2 rings (SSSR count). The van der Waals surface area contributed by atoms with Crippen molar-refractivity contribution in [2.24, 2.45) is 0 Å². The lowest BCUT2D eigenvalue weighted by molar-refractivity contribution is -0.139. The minimum Gasteiger partial charge on any atom is -0.278 e. The van der Waals surface area contributed by atoms with Crippen LogP contribution < -0.4 is 4.72 Å². The number of alkyl halides is 3. The van der Waals surface area contributed by atoms with Crippen molar-refractivity contribution >= 4 is 38.9 Å². The van der Waals surface area contributed by atoms with Crippen molar-refractivity contribution in [2.75, 3.05) is 4.72 Å². The predicted octanol–water partition coefficient (Wildman–Crippen LogP) is 4.81. The molecular weight excluding hydrogens is 362 g/mol. The Hall–Kier alpha value is -1.44. The van der Waals surface area contributed by atoms with Gasteiger partial charge in [0.15, 0.2) is 0 Å². The predicted molar refractivity (Wildman–Crippen MR) is 78.7 cm³/mol. The van der Waals surface area contributed by atoms with Crippen molar-refractivity contribution in [3.63, 3.8) is 0 Å². The average Bonchev–Trinajstić information content (AvgIpc) is 2.43. The van der Waals surface area contributed by atoms with Crippen molar-refractivity contribution in [3.05, 3.63) is 58.1 Å². The Morgan fingerprint density at radius 2 is 1.59 bits per heavy atom. The summed E-state index contributed by atoms with van der Waals surface area (Å²) in [4.78, 5) is -0.890. The van der Waals surface area contributed by atoms with Gasteiger partial charge < -0.3 is 0 Å². The van der Waals surface area contributed by atoms with Crippen molar-refractivity contribution in [3.8, 4) is 0 Å². The largest absolute Gasteiger partial charge is 0.417 e. The summed E-state index contributed by atoms with van der Waals surface area (Å²) >= 11 is 11.6. The summed E-state index contributed by atoms with van der Waals surface area (Å²) < 4.78 is 65.2. The van der Waals surface area contributed by atoms with E-state index in [1.807, 2.05) is 4.72 Å². The molecule has 2 aromatic carbocycles. The second kappa shape index (κ2) is 5.98. The van der Waals surface area contributed by atoms with E-state index in [1.165, 1.54) is 24.3 Å². The van der Waals surface area contributed by atoms with Gasteiger partial charge in [0, 0.05) is 0 Å². The summed E-state index contributed by atoms with van der Waals surface area (Å²) in [6.45, 7) is 0. The summed E-state index contributed by atoms with van der Waals surface area (Å²) in [5, 5.41) is -0.0248. The average molecular weight is 370 g/mol. The molecule has 3 nitrogen and oxygen atoms in total. The van der Waals surface area contributed by atoms with E-state index in [9.17, 15) is 21.6 Å². The summed E-state index contributed by atoms with van der Waals surface area (Å²) in [5.74, 6) is 0. The van der Waals surface area contributed by atoms with E-state index in [0.29, 0.717) is 6.07 Å². The zero-order valence-electron chi connectivity index (χ0n) is 10.7. The SMILES string of the molecule is O=S(=O)(Nc1cccc(Cl)c1Cl)c1ccccc1C(F)(F)F. The van der Waals surface area contributed by atoms with Gasteiger partial charge in [-0.3, -0.25) is 4.72 Å². The third-order valence-corrected chi connectivity index (χ3v) is 4.92.